The minimum atomic E-state index is -0.841. The Labute approximate surface area is 248 Å². The molecule has 0 amide bonds. The number of rotatable bonds is 8. The highest BCUT2D eigenvalue weighted by atomic mass is 79.9. The molecule has 10 heteroatoms. The van der Waals surface area contributed by atoms with Crippen molar-refractivity contribution in [2.45, 2.75) is 13.0 Å². The molecule has 3 aromatic carbocycles. The van der Waals surface area contributed by atoms with E-state index in [1.54, 1.807) is 43.9 Å². The zero-order chi connectivity index (χ0) is 29.1. The number of hydrogen-bond donors (Lipinski definition) is 0. The molecule has 4 aromatic rings. The van der Waals surface area contributed by atoms with E-state index in [1.807, 2.05) is 54.6 Å². The average Bonchev–Trinajstić information content (AvgIpc) is 3.30. The van der Waals surface area contributed by atoms with Gasteiger partial charge in [-0.1, -0.05) is 63.7 Å². The molecule has 1 unspecified atom stereocenters. The highest BCUT2D eigenvalue weighted by molar-refractivity contribution is 9.10. The minimum absolute atomic E-state index is 0.163. The van der Waals surface area contributed by atoms with Gasteiger partial charge in [0.05, 0.1) is 49.8 Å². The zero-order valence-electron chi connectivity index (χ0n) is 22.8. The summed E-state index contributed by atoms with van der Waals surface area (Å²) in [6.45, 7) is 1.91. The van der Waals surface area contributed by atoms with E-state index in [4.69, 9.17) is 23.9 Å². The molecule has 0 radical (unpaired) electrons. The maximum absolute atomic E-state index is 14.1. The maximum atomic E-state index is 14.1. The maximum Gasteiger partial charge on any atom is 0.338 e. The predicted molar refractivity (Wildman–Crippen MR) is 161 cm³/mol. The number of carbonyl (C=O) groups excluding carboxylic acids is 1. The lowest BCUT2D eigenvalue weighted by Gasteiger charge is -2.26. The Bertz CT molecular complexity index is 1830. The number of benzene rings is 3. The van der Waals surface area contributed by atoms with Crippen molar-refractivity contribution in [2.75, 3.05) is 27.9 Å². The van der Waals surface area contributed by atoms with E-state index in [0.29, 0.717) is 37.8 Å². The third kappa shape index (κ3) is 5.45. The van der Waals surface area contributed by atoms with Gasteiger partial charge in [0.1, 0.15) is 5.75 Å². The first-order chi connectivity index (χ1) is 19.9. The predicted octanol–water partition coefficient (Wildman–Crippen LogP) is 4.72. The highest BCUT2D eigenvalue weighted by Gasteiger charge is 2.35. The Morgan fingerprint density at radius 1 is 0.976 bits per heavy atom. The van der Waals surface area contributed by atoms with Crippen LogP contribution < -0.4 is 29.1 Å². The van der Waals surface area contributed by atoms with Crippen LogP contribution in [-0.2, 0) is 9.53 Å². The van der Waals surface area contributed by atoms with E-state index in [1.165, 1.54) is 18.4 Å². The third-order valence-corrected chi connectivity index (χ3v) is 8.05. The normalized spacial score (nSPS) is 14.8. The molecule has 0 bridgehead atoms. The molecular formula is C31H27BrN2O6S. The lowest BCUT2D eigenvalue weighted by atomic mass is 9.93. The van der Waals surface area contributed by atoms with Crippen molar-refractivity contribution in [2.24, 2.45) is 4.99 Å². The van der Waals surface area contributed by atoms with Crippen molar-refractivity contribution in [3.05, 3.63) is 113 Å². The van der Waals surface area contributed by atoms with Gasteiger partial charge in [-0.15, -0.1) is 0 Å². The number of thiazole rings is 1. The SMILES string of the molecule is CCOC(=O)C1=C(c2ccccc2)N=c2s/c(=C\c3cc(Br)ccc3OC)c(=O)n2C1c1ccc(OC)c(OC)c1. The molecule has 8 nitrogen and oxygen atoms in total. The van der Waals surface area contributed by atoms with Crippen molar-refractivity contribution in [3.63, 3.8) is 0 Å². The van der Waals surface area contributed by atoms with Crippen molar-refractivity contribution in [1.82, 2.24) is 4.57 Å². The lowest BCUT2D eigenvalue weighted by molar-refractivity contribution is -0.138. The van der Waals surface area contributed by atoms with Gasteiger partial charge < -0.3 is 18.9 Å². The first kappa shape index (κ1) is 28.4. The summed E-state index contributed by atoms with van der Waals surface area (Å²) in [6, 6.07) is 19.5. The number of esters is 1. The van der Waals surface area contributed by atoms with Gasteiger partial charge in [0, 0.05) is 15.6 Å². The van der Waals surface area contributed by atoms with Crippen LogP contribution in [0.4, 0.5) is 0 Å². The van der Waals surface area contributed by atoms with E-state index >= 15 is 0 Å². The fraction of sp³-hybridized carbons (Fsp3) is 0.194. The number of carbonyl (C=O) groups is 1. The summed E-state index contributed by atoms with van der Waals surface area (Å²) >= 11 is 4.74. The fourth-order valence-electron chi connectivity index (χ4n) is 4.74. The van der Waals surface area contributed by atoms with Gasteiger partial charge in [0.15, 0.2) is 16.3 Å². The molecule has 1 aromatic heterocycles. The number of methoxy groups -OCH3 is 3. The zero-order valence-corrected chi connectivity index (χ0v) is 25.2. The van der Waals surface area contributed by atoms with Gasteiger partial charge in [0.2, 0.25) is 0 Å². The number of aromatic nitrogens is 1. The van der Waals surface area contributed by atoms with Crippen LogP contribution in [0.1, 0.15) is 29.7 Å². The number of fused-ring (bicyclic) bond motifs is 1. The van der Waals surface area contributed by atoms with E-state index in [2.05, 4.69) is 15.9 Å². The Kier molecular flexibility index (Phi) is 8.41. The first-order valence-electron chi connectivity index (χ1n) is 12.7. The topological polar surface area (TPSA) is 88.4 Å². The second kappa shape index (κ2) is 12.2. The summed E-state index contributed by atoms with van der Waals surface area (Å²) < 4.78 is 24.9. The van der Waals surface area contributed by atoms with E-state index in [9.17, 15) is 9.59 Å². The quantitative estimate of drug-likeness (QED) is 0.261. The van der Waals surface area contributed by atoms with Crippen LogP contribution in [0.25, 0.3) is 11.8 Å². The van der Waals surface area contributed by atoms with Gasteiger partial charge in [-0.3, -0.25) is 9.36 Å². The molecule has 0 saturated heterocycles. The van der Waals surface area contributed by atoms with Gasteiger partial charge in [0.25, 0.3) is 5.56 Å². The molecule has 0 aliphatic carbocycles. The molecule has 1 atom stereocenters. The number of ether oxygens (including phenoxy) is 4. The molecular weight excluding hydrogens is 608 g/mol. The number of nitrogens with zero attached hydrogens (tertiary/aromatic N) is 2. The molecule has 2 heterocycles. The van der Waals surface area contributed by atoms with Crippen LogP contribution in [0, 0.1) is 0 Å². The second-order valence-corrected chi connectivity index (χ2v) is 10.9. The summed E-state index contributed by atoms with van der Waals surface area (Å²) in [5, 5.41) is 0. The molecule has 0 N–H and O–H groups in total. The molecule has 1 aliphatic rings. The fourth-order valence-corrected chi connectivity index (χ4v) is 6.11. The molecule has 210 valence electrons. The van der Waals surface area contributed by atoms with Crippen molar-refractivity contribution >= 4 is 45.0 Å². The van der Waals surface area contributed by atoms with E-state index < -0.39 is 12.0 Å². The number of halogens is 1. The highest BCUT2D eigenvalue weighted by Crippen LogP contribution is 2.38. The Morgan fingerprint density at radius 3 is 2.37 bits per heavy atom. The van der Waals surface area contributed by atoms with Gasteiger partial charge in [-0.2, -0.15) is 0 Å². The van der Waals surface area contributed by atoms with Gasteiger partial charge >= 0.3 is 5.97 Å². The van der Waals surface area contributed by atoms with E-state index in [0.717, 1.165) is 15.6 Å². The monoisotopic (exact) mass is 634 g/mol. The van der Waals surface area contributed by atoms with Crippen molar-refractivity contribution < 1.29 is 23.7 Å². The molecule has 5 rings (SSSR count). The Morgan fingerprint density at radius 2 is 1.68 bits per heavy atom. The number of hydrogen-bond acceptors (Lipinski definition) is 8. The van der Waals surface area contributed by atoms with E-state index in [-0.39, 0.29) is 17.7 Å². The average molecular weight is 636 g/mol. The first-order valence-corrected chi connectivity index (χ1v) is 14.3. The van der Waals surface area contributed by atoms with Crippen LogP contribution in [0.5, 0.6) is 17.2 Å². The molecule has 0 saturated carbocycles. The van der Waals surface area contributed by atoms with Gasteiger partial charge in [-0.05, 0) is 48.9 Å². The third-order valence-electron chi connectivity index (χ3n) is 6.58. The van der Waals surface area contributed by atoms with Crippen molar-refractivity contribution in [1.29, 1.82) is 0 Å². The molecule has 0 fully saturated rings. The summed E-state index contributed by atoms with van der Waals surface area (Å²) in [7, 11) is 4.67. The summed E-state index contributed by atoms with van der Waals surface area (Å²) in [6.07, 6.45) is 1.77. The standard InChI is InChI=1S/C31H27BrN2O6S/c1-5-40-30(36)26-27(18-9-7-6-8-10-18)33-31-34(28(26)19-11-13-23(38-3)24(16-19)39-4)29(35)25(41-31)17-20-15-21(32)12-14-22(20)37-2/h6-17,28H,5H2,1-4H3/b25-17-. The molecule has 0 spiro atoms. The summed E-state index contributed by atoms with van der Waals surface area (Å²) in [5.41, 5.74) is 2.49. The summed E-state index contributed by atoms with van der Waals surface area (Å²) in [4.78, 5) is 33.1. The Hall–Kier alpha value is -4.15. The van der Waals surface area contributed by atoms with Crippen molar-refractivity contribution in [3.8, 4) is 17.2 Å². The van der Waals surface area contributed by atoms with Crippen LogP contribution in [0.2, 0.25) is 0 Å². The Balaban J connectivity index is 1.86. The summed E-state index contributed by atoms with van der Waals surface area (Å²) in [5.74, 6) is 1.05. The molecule has 1 aliphatic heterocycles. The van der Waals surface area contributed by atoms with Crippen LogP contribution >= 0.6 is 27.3 Å². The van der Waals surface area contributed by atoms with Gasteiger partial charge in [-0.25, -0.2) is 9.79 Å². The van der Waals surface area contributed by atoms with Crippen LogP contribution in [-0.4, -0.2) is 38.5 Å². The lowest BCUT2D eigenvalue weighted by Crippen LogP contribution is -2.40. The largest absolute Gasteiger partial charge is 0.496 e. The molecule has 41 heavy (non-hydrogen) atoms. The second-order valence-electron chi connectivity index (χ2n) is 8.93. The van der Waals surface area contributed by atoms with Crippen LogP contribution in [0.15, 0.2) is 86.6 Å². The minimum Gasteiger partial charge on any atom is -0.496 e. The van der Waals surface area contributed by atoms with Crippen LogP contribution in [0.3, 0.4) is 0 Å². The smallest absolute Gasteiger partial charge is 0.338 e.